The minimum absolute atomic E-state index is 0.145. The highest BCUT2D eigenvalue weighted by Gasteiger charge is 2.10. The second kappa shape index (κ2) is 6.83. The van der Waals surface area contributed by atoms with Crippen LogP contribution < -0.4 is 10.6 Å². The Bertz CT molecular complexity index is 651. The molecule has 0 heterocycles. The van der Waals surface area contributed by atoms with Crippen molar-refractivity contribution in [2.45, 2.75) is 13.8 Å². The zero-order chi connectivity index (χ0) is 15.4. The Morgan fingerprint density at radius 3 is 2.33 bits per heavy atom. The molecule has 0 aliphatic carbocycles. The molecule has 110 valence electrons. The molecule has 2 N–H and O–H groups in total. The van der Waals surface area contributed by atoms with Gasteiger partial charge in [-0.3, -0.25) is 4.79 Å². The highest BCUT2D eigenvalue weighted by atomic mass is 35.5. The lowest BCUT2D eigenvalue weighted by atomic mass is 10.1. The molecule has 0 unspecified atom stereocenters. The van der Waals surface area contributed by atoms with Crippen LogP contribution >= 0.6 is 23.2 Å². The lowest BCUT2D eigenvalue weighted by molar-refractivity contribution is -0.114. The number of amides is 1. The minimum Gasteiger partial charge on any atom is -0.376 e. The van der Waals surface area contributed by atoms with E-state index < -0.39 is 0 Å². The maximum absolute atomic E-state index is 12.0. The molecular weight excluding hydrogens is 307 g/mol. The first-order valence-corrected chi connectivity index (χ1v) is 7.28. The first-order chi connectivity index (χ1) is 9.99. The summed E-state index contributed by atoms with van der Waals surface area (Å²) in [5, 5.41) is 6.67. The fourth-order valence-electron chi connectivity index (χ4n) is 1.92. The zero-order valence-electron chi connectivity index (χ0n) is 11.8. The van der Waals surface area contributed by atoms with Gasteiger partial charge in [-0.25, -0.2) is 0 Å². The van der Waals surface area contributed by atoms with Gasteiger partial charge in [0.05, 0.1) is 22.3 Å². The van der Waals surface area contributed by atoms with E-state index in [0.29, 0.717) is 15.7 Å². The summed E-state index contributed by atoms with van der Waals surface area (Å²) in [6.45, 7) is 4.19. The van der Waals surface area contributed by atoms with Crippen LogP contribution in [0.4, 0.5) is 11.4 Å². The molecule has 5 heteroatoms. The van der Waals surface area contributed by atoms with Crippen LogP contribution in [0.2, 0.25) is 10.0 Å². The molecule has 0 spiro atoms. The lowest BCUT2D eigenvalue weighted by Gasteiger charge is -2.12. The number of para-hydroxylation sites is 1. The van der Waals surface area contributed by atoms with Crippen LogP contribution in [0.15, 0.2) is 36.4 Å². The SMILES string of the molecule is Cc1cccc(NCC(=O)Nc2c(Cl)cccc2Cl)c1C. The van der Waals surface area contributed by atoms with E-state index in [2.05, 4.69) is 10.6 Å². The third kappa shape index (κ3) is 3.90. The molecule has 2 aromatic rings. The van der Waals surface area contributed by atoms with Gasteiger partial charge < -0.3 is 10.6 Å². The Morgan fingerprint density at radius 2 is 1.67 bits per heavy atom. The smallest absolute Gasteiger partial charge is 0.243 e. The topological polar surface area (TPSA) is 41.1 Å². The fourth-order valence-corrected chi connectivity index (χ4v) is 2.41. The third-order valence-corrected chi connectivity index (χ3v) is 3.90. The average molecular weight is 323 g/mol. The largest absolute Gasteiger partial charge is 0.376 e. The van der Waals surface area contributed by atoms with Gasteiger partial charge in [0.15, 0.2) is 0 Å². The molecule has 0 aliphatic rings. The average Bonchev–Trinajstić information content (AvgIpc) is 2.45. The van der Waals surface area contributed by atoms with Crippen molar-refractivity contribution in [3.63, 3.8) is 0 Å². The second-order valence-corrected chi connectivity index (χ2v) is 5.56. The molecule has 0 bridgehead atoms. The number of aryl methyl sites for hydroxylation is 1. The van der Waals surface area contributed by atoms with Crippen LogP contribution in [-0.4, -0.2) is 12.5 Å². The van der Waals surface area contributed by atoms with Crippen molar-refractivity contribution >= 4 is 40.5 Å². The summed E-state index contributed by atoms with van der Waals surface area (Å²) in [6, 6.07) is 11.0. The number of hydrogen-bond donors (Lipinski definition) is 2. The van der Waals surface area contributed by atoms with E-state index in [-0.39, 0.29) is 12.5 Å². The number of rotatable bonds is 4. The van der Waals surface area contributed by atoms with Gasteiger partial charge in [-0.15, -0.1) is 0 Å². The van der Waals surface area contributed by atoms with Crippen LogP contribution in [0.25, 0.3) is 0 Å². The molecule has 2 rings (SSSR count). The van der Waals surface area contributed by atoms with E-state index in [4.69, 9.17) is 23.2 Å². The van der Waals surface area contributed by atoms with E-state index in [1.54, 1.807) is 18.2 Å². The van der Waals surface area contributed by atoms with Crippen molar-refractivity contribution in [1.82, 2.24) is 0 Å². The standard InChI is InChI=1S/C16H16Cl2N2O/c1-10-5-3-8-14(11(10)2)19-9-15(21)20-16-12(17)6-4-7-13(16)18/h3-8,19H,9H2,1-2H3,(H,20,21). The molecule has 0 saturated heterocycles. The van der Waals surface area contributed by atoms with E-state index in [0.717, 1.165) is 11.3 Å². The molecule has 0 saturated carbocycles. The number of benzene rings is 2. The Morgan fingerprint density at radius 1 is 1.05 bits per heavy atom. The number of hydrogen-bond acceptors (Lipinski definition) is 2. The lowest BCUT2D eigenvalue weighted by Crippen LogP contribution is -2.22. The molecule has 21 heavy (non-hydrogen) atoms. The Balaban J connectivity index is 2.01. The molecule has 3 nitrogen and oxygen atoms in total. The number of carbonyl (C=O) groups excluding carboxylic acids is 1. The molecule has 0 radical (unpaired) electrons. The predicted molar refractivity (Wildman–Crippen MR) is 89.5 cm³/mol. The molecule has 0 fully saturated rings. The number of nitrogens with one attached hydrogen (secondary N) is 2. The maximum Gasteiger partial charge on any atom is 0.243 e. The van der Waals surface area contributed by atoms with Crippen LogP contribution in [0.1, 0.15) is 11.1 Å². The van der Waals surface area contributed by atoms with Crippen LogP contribution in [-0.2, 0) is 4.79 Å². The van der Waals surface area contributed by atoms with Gasteiger partial charge in [0.25, 0.3) is 0 Å². The Kier molecular flexibility index (Phi) is 5.10. The van der Waals surface area contributed by atoms with Crippen LogP contribution in [0.3, 0.4) is 0 Å². The van der Waals surface area contributed by atoms with Crippen molar-refractivity contribution in [3.8, 4) is 0 Å². The fraction of sp³-hybridized carbons (Fsp3) is 0.188. The first kappa shape index (κ1) is 15.7. The summed E-state index contributed by atoms with van der Waals surface area (Å²) in [4.78, 5) is 12.0. The van der Waals surface area contributed by atoms with Gasteiger partial charge in [-0.2, -0.15) is 0 Å². The van der Waals surface area contributed by atoms with Crippen molar-refractivity contribution in [2.24, 2.45) is 0 Å². The molecule has 1 amide bonds. The number of carbonyl (C=O) groups is 1. The highest BCUT2D eigenvalue weighted by molar-refractivity contribution is 6.39. The minimum atomic E-state index is -0.203. The van der Waals surface area contributed by atoms with Gasteiger partial charge in [-0.1, -0.05) is 41.4 Å². The van der Waals surface area contributed by atoms with Crippen molar-refractivity contribution in [1.29, 1.82) is 0 Å². The third-order valence-electron chi connectivity index (χ3n) is 3.27. The van der Waals surface area contributed by atoms with Gasteiger partial charge >= 0.3 is 0 Å². The van der Waals surface area contributed by atoms with Crippen molar-refractivity contribution in [3.05, 3.63) is 57.6 Å². The summed E-state index contributed by atoms with van der Waals surface area (Å²) in [5.41, 5.74) is 3.68. The van der Waals surface area contributed by atoms with E-state index >= 15 is 0 Å². The second-order valence-electron chi connectivity index (χ2n) is 4.75. The van der Waals surface area contributed by atoms with E-state index in [1.165, 1.54) is 5.56 Å². The highest BCUT2D eigenvalue weighted by Crippen LogP contribution is 2.29. The normalized spacial score (nSPS) is 10.3. The van der Waals surface area contributed by atoms with Gasteiger partial charge in [0.2, 0.25) is 5.91 Å². The van der Waals surface area contributed by atoms with Gasteiger partial charge in [0, 0.05) is 5.69 Å². The quantitative estimate of drug-likeness (QED) is 0.859. The zero-order valence-corrected chi connectivity index (χ0v) is 13.3. The molecular formula is C16H16Cl2N2O. The van der Waals surface area contributed by atoms with E-state index in [9.17, 15) is 4.79 Å². The van der Waals surface area contributed by atoms with Gasteiger partial charge in [-0.05, 0) is 43.2 Å². The summed E-state index contributed by atoms with van der Waals surface area (Å²) in [6.07, 6.45) is 0. The van der Waals surface area contributed by atoms with E-state index in [1.807, 2.05) is 32.0 Å². The Hall–Kier alpha value is -1.71. The molecule has 0 atom stereocenters. The number of anilines is 2. The molecule has 2 aromatic carbocycles. The van der Waals surface area contributed by atoms with Crippen LogP contribution in [0, 0.1) is 13.8 Å². The van der Waals surface area contributed by atoms with Gasteiger partial charge in [0.1, 0.15) is 0 Å². The summed E-state index contributed by atoms with van der Waals surface area (Å²) >= 11 is 12.0. The Labute approximate surface area is 134 Å². The predicted octanol–water partition coefficient (Wildman–Crippen LogP) is 4.66. The monoisotopic (exact) mass is 322 g/mol. The summed E-state index contributed by atoms with van der Waals surface area (Å²) < 4.78 is 0. The van der Waals surface area contributed by atoms with Crippen LogP contribution in [0.5, 0.6) is 0 Å². The van der Waals surface area contributed by atoms with Crippen molar-refractivity contribution in [2.75, 3.05) is 17.2 Å². The first-order valence-electron chi connectivity index (χ1n) is 6.53. The molecule has 0 aliphatic heterocycles. The molecule has 0 aromatic heterocycles. The van der Waals surface area contributed by atoms with Crippen molar-refractivity contribution < 1.29 is 4.79 Å². The summed E-state index contributed by atoms with van der Waals surface area (Å²) in [5.74, 6) is -0.203. The number of halogens is 2. The maximum atomic E-state index is 12.0. The summed E-state index contributed by atoms with van der Waals surface area (Å²) in [7, 11) is 0.